The fraction of sp³-hybridized carbons (Fsp3) is 0.125. The van der Waals surface area contributed by atoms with Crippen LogP contribution in [-0.2, 0) is 9.59 Å². The zero-order valence-electron chi connectivity index (χ0n) is 7.70. The van der Waals surface area contributed by atoms with E-state index >= 15 is 0 Å². The molecule has 1 amide bonds. The van der Waals surface area contributed by atoms with Gasteiger partial charge in [0.05, 0.1) is 5.57 Å². The van der Waals surface area contributed by atoms with Crippen molar-refractivity contribution in [1.29, 1.82) is 0 Å². The fourth-order valence-corrected chi connectivity index (χ4v) is 1.99. The number of quaternary nitrogens is 1. The fourth-order valence-electron chi connectivity index (χ4n) is 1.31. The molecule has 16 heavy (non-hydrogen) atoms. The first kappa shape index (κ1) is 13.5. The molecule has 0 aromatic rings. The van der Waals surface area contributed by atoms with Gasteiger partial charge in [-0.2, -0.15) is 0 Å². The molecule has 4 nitrogen and oxygen atoms in total. The summed E-state index contributed by atoms with van der Waals surface area (Å²) >= 11 is 10.3. The van der Waals surface area contributed by atoms with Crippen molar-refractivity contribution in [2.24, 2.45) is 0 Å². The van der Waals surface area contributed by atoms with Crippen molar-refractivity contribution in [3.63, 3.8) is 0 Å². The molecule has 8 heteroatoms. The first-order valence-corrected chi connectivity index (χ1v) is 5.32. The molecule has 0 radical (unpaired) electrons. The van der Waals surface area contributed by atoms with Crippen LogP contribution in [0.5, 0.6) is 0 Å². The molecule has 0 aromatic heterocycles. The van der Waals surface area contributed by atoms with Gasteiger partial charge in [0, 0.05) is 4.48 Å². The molecular formula is C8H7FNO3S3+. The summed E-state index contributed by atoms with van der Waals surface area (Å²) in [4.78, 5) is 33.3. The van der Waals surface area contributed by atoms with Crippen LogP contribution in [0.25, 0.3) is 0 Å². The Balaban J connectivity index is 3.32. The van der Waals surface area contributed by atoms with E-state index in [1.807, 2.05) is 0 Å². The van der Waals surface area contributed by atoms with Crippen molar-refractivity contribution in [3.8, 4) is 0 Å². The normalized spacial score (nSPS) is 28.5. The molecule has 0 saturated carbocycles. The summed E-state index contributed by atoms with van der Waals surface area (Å²) in [5.74, 6) is 0. The smallest absolute Gasteiger partial charge is 0.282 e. The molecule has 2 unspecified atom stereocenters. The second-order valence-corrected chi connectivity index (χ2v) is 4.21. The third-order valence-corrected chi connectivity index (χ3v) is 2.83. The minimum absolute atomic E-state index is 0.240. The lowest BCUT2D eigenvalue weighted by Crippen LogP contribution is -2.52. The Bertz CT molecular complexity index is 434. The summed E-state index contributed by atoms with van der Waals surface area (Å²) in [7, 11) is 0. The Labute approximate surface area is 107 Å². The van der Waals surface area contributed by atoms with Crippen LogP contribution in [0.4, 0.5) is 9.28 Å². The summed E-state index contributed by atoms with van der Waals surface area (Å²) in [5, 5.41) is -2.97. The standard InChI is InChI=1S/C8H6FNO3S3/c9-10(8(13)16)3-1-2-4(6(11)14)5(10)7(12)15/h1-3,5H,(H2-,11,12,13,14,15,16)/p+1. The van der Waals surface area contributed by atoms with E-state index in [0.29, 0.717) is 0 Å². The van der Waals surface area contributed by atoms with Gasteiger partial charge in [-0.25, -0.2) is 4.79 Å². The molecule has 0 N–H and O–H groups in total. The van der Waals surface area contributed by atoms with Crippen LogP contribution in [0.15, 0.2) is 23.9 Å². The lowest BCUT2D eigenvalue weighted by molar-refractivity contribution is -0.947. The maximum absolute atomic E-state index is 14.1. The monoisotopic (exact) mass is 280 g/mol. The van der Waals surface area contributed by atoms with Crippen molar-refractivity contribution in [3.05, 3.63) is 23.9 Å². The largest absolute Gasteiger partial charge is 0.415 e. The zero-order valence-corrected chi connectivity index (χ0v) is 10.4. The summed E-state index contributed by atoms with van der Waals surface area (Å²) in [6.07, 6.45) is 3.17. The summed E-state index contributed by atoms with van der Waals surface area (Å²) in [6, 6.07) is -1.66. The highest BCUT2D eigenvalue weighted by Gasteiger charge is 2.52. The number of thiol groups is 3. The minimum atomic E-state index is -1.93. The van der Waals surface area contributed by atoms with Crippen LogP contribution >= 0.6 is 37.9 Å². The van der Waals surface area contributed by atoms with Gasteiger partial charge in [0.15, 0.2) is 0 Å². The molecule has 0 spiro atoms. The molecule has 1 aliphatic heterocycles. The lowest BCUT2D eigenvalue weighted by atomic mass is 10.1. The molecule has 0 fully saturated rings. The van der Waals surface area contributed by atoms with Crippen molar-refractivity contribution in [2.75, 3.05) is 0 Å². The number of hydrogen-bond donors (Lipinski definition) is 3. The molecule has 0 saturated heterocycles. The Morgan fingerprint density at radius 2 is 1.81 bits per heavy atom. The topological polar surface area (TPSA) is 51.2 Å². The molecular weight excluding hydrogens is 273 g/mol. The molecule has 1 rings (SSSR count). The van der Waals surface area contributed by atoms with Gasteiger partial charge in [-0.05, 0) is 29.5 Å². The first-order valence-electron chi connectivity index (χ1n) is 3.97. The average Bonchev–Trinajstić information content (AvgIpc) is 2.16. The van der Waals surface area contributed by atoms with E-state index in [-0.39, 0.29) is 5.57 Å². The predicted molar refractivity (Wildman–Crippen MR) is 64.7 cm³/mol. The second kappa shape index (κ2) is 4.74. The van der Waals surface area contributed by atoms with Crippen molar-refractivity contribution in [2.45, 2.75) is 6.04 Å². The first-order chi connectivity index (χ1) is 7.30. The number of rotatable bonds is 2. The molecule has 86 valence electrons. The van der Waals surface area contributed by atoms with Gasteiger partial charge in [-0.1, -0.05) is 12.6 Å². The average molecular weight is 280 g/mol. The second-order valence-electron chi connectivity index (χ2n) is 2.98. The van der Waals surface area contributed by atoms with Crippen LogP contribution in [0, 0.1) is 0 Å². The van der Waals surface area contributed by atoms with Gasteiger partial charge >= 0.3 is 5.24 Å². The third-order valence-electron chi connectivity index (χ3n) is 2.02. The maximum Gasteiger partial charge on any atom is 0.415 e. The van der Waals surface area contributed by atoms with Crippen LogP contribution in [-0.4, -0.2) is 26.2 Å². The maximum atomic E-state index is 14.1. The molecule has 0 bridgehead atoms. The summed E-state index contributed by atoms with van der Waals surface area (Å²) in [6.45, 7) is 0. The third kappa shape index (κ3) is 2.24. The number of amides is 1. The molecule has 0 aliphatic carbocycles. The Morgan fingerprint density at radius 1 is 1.25 bits per heavy atom. The van der Waals surface area contributed by atoms with Gasteiger partial charge in [-0.15, -0.1) is 12.6 Å². The van der Waals surface area contributed by atoms with Gasteiger partial charge in [0.25, 0.3) is 5.12 Å². The highest BCUT2D eigenvalue weighted by molar-refractivity contribution is 7.98. The lowest BCUT2D eigenvalue weighted by Gasteiger charge is -2.27. The van der Waals surface area contributed by atoms with Gasteiger partial charge in [0.1, 0.15) is 6.20 Å². The van der Waals surface area contributed by atoms with Crippen LogP contribution in [0.2, 0.25) is 0 Å². The summed E-state index contributed by atoms with van der Waals surface area (Å²) in [5.41, 5.74) is -0.240. The molecule has 2 atom stereocenters. The van der Waals surface area contributed by atoms with E-state index in [2.05, 4.69) is 37.9 Å². The van der Waals surface area contributed by atoms with E-state index in [1.165, 1.54) is 6.08 Å². The van der Waals surface area contributed by atoms with Gasteiger partial charge < -0.3 is 0 Å². The predicted octanol–water partition coefficient (Wildman–Crippen LogP) is 1.47. The number of allylic oxidation sites excluding steroid dienone is 2. The highest BCUT2D eigenvalue weighted by Crippen LogP contribution is 2.31. The van der Waals surface area contributed by atoms with Crippen LogP contribution < -0.4 is 0 Å². The van der Waals surface area contributed by atoms with Crippen LogP contribution in [0.3, 0.4) is 0 Å². The van der Waals surface area contributed by atoms with E-state index < -0.39 is 26.2 Å². The van der Waals surface area contributed by atoms with E-state index in [9.17, 15) is 18.9 Å². The Hall–Kier alpha value is -0.570. The van der Waals surface area contributed by atoms with E-state index in [0.717, 1.165) is 12.3 Å². The Morgan fingerprint density at radius 3 is 2.19 bits per heavy atom. The molecule has 1 heterocycles. The number of hydrogen-bond acceptors (Lipinski definition) is 3. The number of carbonyl (C=O) groups is 3. The quantitative estimate of drug-likeness (QED) is 0.530. The number of carbonyl (C=O) groups excluding carboxylic acids is 3. The van der Waals surface area contributed by atoms with E-state index in [1.54, 1.807) is 0 Å². The zero-order chi connectivity index (χ0) is 12.5. The van der Waals surface area contributed by atoms with Crippen LogP contribution in [0.1, 0.15) is 0 Å². The van der Waals surface area contributed by atoms with Crippen molar-refractivity contribution in [1.82, 2.24) is 0 Å². The SMILES string of the molecule is O=C(S)C1=CC=C[N+](F)(C(=O)S)C1C(=O)S. The van der Waals surface area contributed by atoms with E-state index in [4.69, 9.17) is 0 Å². The van der Waals surface area contributed by atoms with Gasteiger partial charge in [0.2, 0.25) is 11.2 Å². The summed E-state index contributed by atoms with van der Waals surface area (Å²) < 4.78 is 12.2. The molecule has 0 aromatic carbocycles. The highest BCUT2D eigenvalue weighted by atomic mass is 32.1. The number of nitrogens with zero attached hydrogens (tertiary/aromatic N) is 1. The number of halogens is 1. The Kier molecular flexibility index (Phi) is 4.00. The minimum Gasteiger partial charge on any atom is -0.282 e. The van der Waals surface area contributed by atoms with Crippen molar-refractivity contribution >= 4 is 53.4 Å². The van der Waals surface area contributed by atoms with Crippen molar-refractivity contribution < 1.29 is 23.6 Å². The van der Waals surface area contributed by atoms with Gasteiger partial charge in [-0.3, -0.25) is 9.59 Å². The molecule has 1 aliphatic rings.